The average molecular weight is 264 g/mol. The van der Waals surface area contributed by atoms with E-state index in [1.165, 1.54) is 18.4 Å². The number of benzene rings is 1. The summed E-state index contributed by atoms with van der Waals surface area (Å²) < 4.78 is 4.86. The number of esters is 1. The Morgan fingerprint density at radius 1 is 1.11 bits per heavy atom. The van der Waals surface area contributed by atoms with Crippen molar-refractivity contribution in [2.45, 2.75) is 20.8 Å². The average Bonchev–Trinajstić information content (AvgIpc) is 2.38. The molecule has 5 nitrogen and oxygen atoms in total. The van der Waals surface area contributed by atoms with Crippen LogP contribution in [-0.2, 0) is 14.5 Å². The van der Waals surface area contributed by atoms with Gasteiger partial charge in [-0.25, -0.2) is 14.5 Å². The van der Waals surface area contributed by atoms with Gasteiger partial charge >= 0.3 is 11.9 Å². The second-order valence-electron chi connectivity index (χ2n) is 3.93. The quantitative estimate of drug-likeness (QED) is 0.354. The van der Waals surface area contributed by atoms with Crippen LogP contribution in [0.15, 0.2) is 36.1 Å². The molecule has 0 aliphatic rings. The Kier molecular flexibility index (Phi) is 5.60. The first-order valence-corrected chi connectivity index (χ1v) is 5.83. The van der Waals surface area contributed by atoms with Crippen molar-refractivity contribution in [2.75, 3.05) is 6.61 Å². The fourth-order valence-electron chi connectivity index (χ4n) is 1.26. The summed E-state index contributed by atoms with van der Waals surface area (Å²) in [4.78, 5) is 32.7. The first kappa shape index (κ1) is 14.8. The summed E-state index contributed by atoms with van der Waals surface area (Å²) in [5, 5.41) is 0. The zero-order valence-electron chi connectivity index (χ0n) is 11.1. The number of ether oxygens (including phenoxy) is 1. The van der Waals surface area contributed by atoms with Gasteiger partial charge in [0.15, 0.2) is 0 Å². The smallest absolute Gasteiger partial charge is 0.387 e. The van der Waals surface area contributed by atoms with E-state index < -0.39 is 11.9 Å². The van der Waals surface area contributed by atoms with Gasteiger partial charge in [0.25, 0.3) is 0 Å². The maximum absolute atomic E-state index is 11.8. The summed E-state index contributed by atoms with van der Waals surface area (Å²) in [6.45, 7) is 5.51. The van der Waals surface area contributed by atoms with Gasteiger partial charge in [-0.05, 0) is 38.5 Å². The van der Waals surface area contributed by atoms with Crippen molar-refractivity contribution in [1.29, 1.82) is 0 Å². The van der Waals surface area contributed by atoms with Crippen molar-refractivity contribution in [3.05, 3.63) is 47.2 Å². The van der Waals surface area contributed by atoms with Gasteiger partial charge in [0.05, 0.1) is 17.7 Å². The molecule has 1 aromatic rings. The van der Waals surface area contributed by atoms with Crippen LogP contribution >= 0.6 is 0 Å². The second kappa shape index (κ2) is 7.20. The number of hydrogen-bond acceptors (Lipinski definition) is 5. The Balaban J connectivity index is 2.85. The van der Waals surface area contributed by atoms with Gasteiger partial charge < -0.3 is 4.74 Å². The van der Waals surface area contributed by atoms with Gasteiger partial charge in [0.1, 0.15) is 6.26 Å². The van der Waals surface area contributed by atoms with Crippen LogP contribution in [0.4, 0.5) is 0 Å². The largest absolute Gasteiger partial charge is 0.462 e. The van der Waals surface area contributed by atoms with E-state index in [4.69, 9.17) is 4.74 Å². The van der Waals surface area contributed by atoms with Crippen LogP contribution in [0.5, 0.6) is 0 Å². The molecule has 0 saturated carbocycles. The number of hydrogen-bond donors (Lipinski definition) is 0. The molecule has 0 radical (unpaired) electrons. The lowest BCUT2D eigenvalue weighted by atomic mass is 10.1. The Labute approximate surface area is 111 Å². The number of rotatable bonds is 5. The summed E-state index contributed by atoms with van der Waals surface area (Å²) in [5.74, 6) is -1.32. The van der Waals surface area contributed by atoms with Gasteiger partial charge in [0.2, 0.25) is 0 Å². The molecular formula is C14H16O5. The SMILES string of the molecule is CCOC(=O)c1ccccc1C(=O)OOC=C(C)C. The zero-order chi connectivity index (χ0) is 14.3. The molecule has 0 heterocycles. The molecule has 0 unspecified atom stereocenters. The van der Waals surface area contributed by atoms with Crippen molar-refractivity contribution in [3.8, 4) is 0 Å². The minimum atomic E-state index is -0.749. The fraction of sp³-hybridized carbons (Fsp3) is 0.286. The molecule has 1 rings (SSSR count). The molecule has 19 heavy (non-hydrogen) atoms. The summed E-state index contributed by atoms with van der Waals surface area (Å²) in [6, 6.07) is 6.23. The Morgan fingerprint density at radius 3 is 2.21 bits per heavy atom. The van der Waals surface area contributed by atoms with Crippen LogP contribution in [0.3, 0.4) is 0 Å². The highest BCUT2D eigenvalue weighted by molar-refractivity contribution is 6.02. The highest BCUT2D eigenvalue weighted by Crippen LogP contribution is 2.12. The van der Waals surface area contributed by atoms with E-state index in [2.05, 4.69) is 9.78 Å². The molecule has 0 aromatic heterocycles. The van der Waals surface area contributed by atoms with Gasteiger partial charge in [-0.2, -0.15) is 0 Å². The van der Waals surface area contributed by atoms with E-state index in [0.717, 1.165) is 5.57 Å². The molecule has 0 aliphatic heterocycles. The first-order chi connectivity index (χ1) is 9.06. The van der Waals surface area contributed by atoms with E-state index in [0.29, 0.717) is 0 Å². The van der Waals surface area contributed by atoms with Crippen LogP contribution < -0.4 is 0 Å². The molecule has 5 heteroatoms. The zero-order valence-corrected chi connectivity index (χ0v) is 11.1. The van der Waals surface area contributed by atoms with Crippen molar-refractivity contribution in [3.63, 3.8) is 0 Å². The van der Waals surface area contributed by atoms with Crippen LogP contribution in [-0.4, -0.2) is 18.5 Å². The molecule has 0 spiro atoms. The standard InChI is InChI=1S/C14H16O5/c1-4-17-13(15)11-7-5-6-8-12(11)14(16)19-18-9-10(2)3/h5-9H,4H2,1-3H3. The van der Waals surface area contributed by atoms with Crippen molar-refractivity contribution in [1.82, 2.24) is 0 Å². The molecule has 0 amide bonds. The molecule has 0 fully saturated rings. The van der Waals surface area contributed by atoms with Gasteiger partial charge in [0, 0.05) is 0 Å². The molecule has 102 valence electrons. The van der Waals surface area contributed by atoms with Crippen LogP contribution in [0, 0.1) is 0 Å². The van der Waals surface area contributed by atoms with E-state index in [-0.39, 0.29) is 17.7 Å². The monoisotopic (exact) mass is 264 g/mol. The van der Waals surface area contributed by atoms with Gasteiger partial charge in [-0.3, -0.25) is 4.89 Å². The fourth-order valence-corrected chi connectivity index (χ4v) is 1.26. The molecule has 0 atom stereocenters. The highest BCUT2D eigenvalue weighted by atomic mass is 17.2. The van der Waals surface area contributed by atoms with Crippen molar-refractivity contribution in [2.24, 2.45) is 0 Å². The lowest BCUT2D eigenvalue weighted by Gasteiger charge is -2.07. The van der Waals surface area contributed by atoms with E-state index in [1.54, 1.807) is 32.9 Å². The van der Waals surface area contributed by atoms with Crippen LogP contribution in [0.2, 0.25) is 0 Å². The Morgan fingerprint density at radius 2 is 1.68 bits per heavy atom. The van der Waals surface area contributed by atoms with Gasteiger partial charge in [-0.1, -0.05) is 12.1 Å². The third-order valence-electron chi connectivity index (χ3n) is 2.05. The lowest BCUT2D eigenvalue weighted by molar-refractivity contribution is -0.192. The van der Waals surface area contributed by atoms with Gasteiger partial charge in [-0.15, -0.1) is 0 Å². The van der Waals surface area contributed by atoms with E-state index in [9.17, 15) is 9.59 Å². The predicted molar refractivity (Wildman–Crippen MR) is 68.3 cm³/mol. The predicted octanol–water partition coefficient (Wildman–Crippen LogP) is 2.88. The van der Waals surface area contributed by atoms with Crippen molar-refractivity contribution < 1.29 is 24.1 Å². The van der Waals surface area contributed by atoms with E-state index >= 15 is 0 Å². The number of allylic oxidation sites excluding steroid dienone is 1. The lowest BCUT2D eigenvalue weighted by Crippen LogP contribution is -2.13. The van der Waals surface area contributed by atoms with Crippen LogP contribution in [0.25, 0.3) is 0 Å². The maximum Gasteiger partial charge on any atom is 0.387 e. The molecule has 0 bridgehead atoms. The first-order valence-electron chi connectivity index (χ1n) is 5.83. The molecular weight excluding hydrogens is 248 g/mol. The summed E-state index contributed by atoms with van der Waals surface area (Å²) in [5.41, 5.74) is 1.09. The normalized spacial score (nSPS) is 9.42. The van der Waals surface area contributed by atoms with E-state index in [1.807, 2.05) is 0 Å². The summed E-state index contributed by atoms with van der Waals surface area (Å²) in [6.07, 6.45) is 1.30. The number of carbonyl (C=O) groups is 2. The Bertz CT molecular complexity index is 486. The number of carbonyl (C=O) groups excluding carboxylic acids is 2. The molecule has 1 aromatic carbocycles. The molecule has 0 N–H and O–H groups in total. The third kappa shape index (κ3) is 4.46. The summed E-state index contributed by atoms with van der Waals surface area (Å²) in [7, 11) is 0. The molecule has 0 aliphatic carbocycles. The third-order valence-corrected chi connectivity index (χ3v) is 2.05. The van der Waals surface area contributed by atoms with Crippen LogP contribution in [0.1, 0.15) is 41.5 Å². The topological polar surface area (TPSA) is 61.8 Å². The summed E-state index contributed by atoms with van der Waals surface area (Å²) >= 11 is 0. The minimum absolute atomic E-state index is 0.100. The Hall–Kier alpha value is -2.30. The minimum Gasteiger partial charge on any atom is -0.462 e. The molecule has 0 saturated heterocycles. The van der Waals surface area contributed by atoms with Crippen molar-refractivity contribution >= 4 is 11.9 Å². The maximum atomic E-state index is 11.8. The highest BCUT2D eigenvalue weighted by Gasteiger charge is 2.19. The second-order valence-corrected chi connectivity index (χ2v) is 3.93.